The second-order valence-corrected chi connectivity index (χ2v) is 3.82. The highest BCUT2D eigenvalue weighted by Gasteiger charge is 2.30. The zero-order chi connectivity index (χ0) is 13.3. The van der Waals surface area contributed by atoms with Crippen molar-refractivity contribution in [2.24, 2.45) is 0 Å². The van der Waals surface area contributed by atoms with Crippen LogP contribution in [0.2, 0.25) is 0 Å². The van der Waals surface area contributed by atoms with E-state index in [0.29, 0.717) is 11.1 Å². The zero-order valence-electron chi connectivity index (χ0n) is 9.61. The Labute approximate surface area is 114 Å². The Hall–Kier alpha value is -1.88. The number of nitrogens with two attached hydrogens (primary N) is 1. The summed E-state index contributed by atoms with van der Waals surface area (Å²) in [6.07, 6.45) is -4.36. The molecule has 0 saturated heterocycles. The molecule has 0 heterocycles. The van der Waals surface area contributed by atoms with Gasteiger partial charge in [-0.2, -0.15) is 13.2 Å². The minimum absolute atomic E-state index is 0. The van der Waals surface area contributed by atoms with E-state index in [1.54, 1.807) is 12.1 Å². The Morgan fingerprint density at radius 1 is 0.947 bits per heavy atom. The molecule has 0 aliphatic rings. The van der Waals surface area contributed by atoms with Crippen molar-refractivity contribution in [1.82, 2.24) is 0 Å². The molecule has 2 rings (SSSR count). The van der Waals surface area contributed by atoms with Gasteiger partial charge in [-0.3, -0.25) is 0 Å². The number of phenols is 1. The molecule has 19 heavy (non-hydrogen) atoms. The first kappa shape index (κ1) is 15.2. The summed E-state index contributed by atoms with van der Waals surface area (Å²) in [6.45, 7) is 0. The number of benzene rings is 2. The molecule has 3 N–H and O–H groups in total. The molecule has 0 bridgehead atoms. The van der Waals surface area contributed by atoms with Crippen molar-refractivity contribution in [2.75, 3.05) is 5.73 Å². The summed E-state index contributed by atoms with van der Waals surface area (Å²) in [6, 6.07) is 9.28. The van der Waals surface area contributed by atoms with Crippen molar-refractivity contribution in [3.05, 3.63) is 48.0 Å². The fourth-order valence-corrected chi connectivity index (χ4v) is 1.63. The van der Waals surface area contributed by atoms with Crippen LogP contribution in [-0.4, -0.2) is 5.11 Å². The van der Waals surface area contributed by atoms with Gasteiger partial charge in [0.05, 0.1) is 11.3 Å². The standard InChI is InChI=1S/C13H10F3NO.ClH/c14-13(15,16)9-6-4-8(5-7-9)10-2-1-3-11(17)12(10)18;/h1-7,18H,17H2;1H. The van der Waals surface area contributed by atoms with Crippen molar-refractivity contribution in [1.29, 1.82) is 0 Å². The van der Waals surface area contributed by atoms with Crippen LogP contribution in [-0.2, 0) is 6.18 Å². The number of nitrogen functional groups attached to an aromatic ring is 1. The van der Waals surface area contributed by atoms with E-state index in [0.717, 1.165) is 12.1 Å². The van der Waals surface area contributed by atoms with Gasteiger partial charge < -0.3 is 10.8 Å². The zero-order valence-corrected chi connectivity index (χ0v) is 10.4. The fourth-order valence-electron chi connectivity index (χ4n) is 1.63. The van der Waals surface area contributed by atoms with Crippen molar-refractivity contribution in [3.8, 4) is 16.9 Å². The molecule has 2 aromatic rings. The van der Waals surface area contributed by atoms with Crippen LogP contribution < -0.4 is 5.73 Å². The molecule has 6 heteroatoms. The average Bonchev–Trinajstić information content (AvgIpc) is 2.32. The minimum atomic E-state index is -4.36. The Bertz CT molecular complexity index is 567. The second kappa shape index (κ2) is 5.40. The third-order valence-electron chi connectivity index (χ3n) is 2.59. The van der Waals surface area contributed by atoms with E-state index in [1.165, 1.54) is 18.2 Å². The first-order chi connectivity index (χ1) is 8.39. The van der Waals surface area contributed by atoms with Gasteiger partial charge in [0, 0.05) is 5.56 Å². The van der Waals surface area contributed by atoms with Crippen LogP contribution in [0.25, 0.3) is 11.1 Å². The van der Waals surface area contributed by atoms with Gasteiger partial charge in [-0.1, -0.05) is 24.3 Å². The van der Waals surface area contributed by atoms with Crippen LogP contribution in [0, 0.1) is 0 Å². The molecular formula is C13H11ClF3NO. The van der Waals surface area contributed by atoms with Crippen molar-refractivity contribution < 1.29 is 18.3 Å². The molecule has 0 amide bonds. The Balaban J connectivity index is 0.00000180. The Kier molecular flexibility index (Phi) is 4.32. The maximum Gasteiger partial charge on any atom is 0.416 e. The Morgan fingerprint density at radius 2 is 1.53 bits per heavy atom. The lowest BCUT2D eigenvalue weighted by Crippen LogP contribution is -2.04. The topological polar surface area (TPSA) is 46.2 Å². The van der Waals surface area contributed by atoms with Crippen LogP contribution in [0.4, 0.5) is 18.9 Å². The molecule has 2 aromatic carbocycles. The number of para-hydroxylation sites is 1. The van der Waals surface area contributed by atoms with Gasteiger partial charge in [0.15, 0.2) is 0 Å². The Morgan fingerprint density at radius 3 is 2.05 bits per heavy atom. The maximum absolute atomic E-state index is 12.4. The largest absolute Gasteiger partial charge is 0.505 e. The van der Waals surface area contributed by atoms with Gasteiger partial charge in [0.2, 0.25) is 0 Å². The average molecular weight is 290 g/mol. The molecule has 0 spiro atoms. The number of hydrogen-bond donors (Lipinski definition) is 2. The predicted molar refractivity (Wildman–Crippen MR) is 70.2 cm³/mol. The highest BCUT2D eigenvalue weighted by molar-refractivity contribution is 5.85. The van der Waals surface area contributed by atoms with Crippen LogP contribution in [0.1, 0.15) is 5.56 Å². The smallest absolute Gasteiger partial charge is 0.416 e. The summed E-state index contributed by atoms with van der Waals surface area (Å²) in [7, 11) is 0. The van der Waals surface area contributed by atoms with Crippen LogP contribution in [0.3, 0.4) is 0 Å². The molecule has 0 unspecified atom stereocenters. The van der Waals surface area contributed by atoms with E-state index >= 15 is 0 Å². The number of phenolic OH excluding ortho intramolecular Hbond substituents is 1. The normalized spacial score (nSPS) is 10.9. The third-order valence-corrected chi connectivity index (χ3v) is 2.59. The number of aromatic hydroxyl groups is 1. The highest BCUT2D eigenvalue weighted by atomic mass is 35.5. The first-order valence-electron chi connectivity index (χ1n) is 5.14. The molecule has 0 fully saturated rings. The van der Waals surface area contributed by atoms with E-state index in [-0.39, 0.29) is 23.8 Å². The molecule has 0 aromatic heterocycles. The van der Waals surface area contributed by atoms with E-state index < -0.39 is 11.7 Å². The highest BCUT2D eigenvalue weighted by Crippen LogP contribution is 2.35. The summed E-state index contributed by atoms with van der Waals surface area (Å²) < 4.78 is 37.2. The molecule has 0 aliphatic heterocycles. The van der Waals surface area contributed by atoms with Crippen LogP contribution in [0.5, 0.6) is 5.75 Å². The number of anilines is 1. The van der Waals surface area contributed by atoms with Gasteiger partial charge in [-0.15, -0.1) is 12.4 Å². The number of halogens is 4. The van der Waals surface area contributed by atoms with E-state index in [1.807, 2.05) is 0 Å². The molecule has 0 radical (unpaired) electrons. The van der Waals surface area contributed by atoms with Gasteiger partial charge in [0.25, 0.3) is 0 Å². The SMILES string of the molecule is Cl.Nc1cccc(-c2ccc(C(F)(F)F)cc2)c1O. The summed E-state index contributed by atoms with van der Waals surface area (Å²) in [5, 5.41) is 9.73. The lowest BCUT2D eigenvalue weighted by atomic mass is 10.0. The van der Waals surface area contributed by atoms with Crippen LogP contribution in [0.15, 0.2) is 42.5 Å². The number of hydrogen-bond acceptors (Lipinski definition) is 2. The van der Waals surface area contributed by atoms with Gasteiger partial charge in [-0.25, -0.2) is 0 Å². The monoisotopic (exact) mass is 289 g/mol. The van der Waals surface area contributed by atoms with E-state index in [4.69, 9.17) is 5.73 Å². The van der Waals surface area contributed by atoms with Gasteiger partial charge in [-0.05, 0) is 23.8 Å². The summed E-state index contributed by atoms with van der Waals surface area (Å²) in [4.78, 5) is 0. The number of alkyl halides is 3. The molecule has 2 nitrogen and oxygen atoms in total. The second-order valence-electron chi connectivity index (χ2n) is 3.82. The molecular weight excluding hydrogens is 279 g/mol. The molecule has 102 valence electrons. The maximum atomic E-state index is 12.4. The van der Waals surface area contributed by atoms with Crippen LogP contribution >= 0.6 is 12.4 Å². The van der Waals surface area contributed by atoms with Gasteiger partial charge in [0.1, 0.15) is 5.75 Å². The molecule has 0 saturated carbocycles. The summed E-state index contributed by atoms with van der Waals surface area (Å²) in [5.41, 5.74) is 5.87. The number of rotatable bonds is 1. The molecule has 0 atom stereocenters. The van der Waals surface area contributed by atoms with Crippen molar-refractivity contribution >= 4 is 18.1 Å². The quantitative estimate of drug-likeness (QED) is 0.614. The third kappa shape index (κ3) is 3.12. The van der Waals surface area contributed by atoms with E-state index in [2.05, 4.69) is 0 Å². The van der Waals surface area contributed by atoms with Gasteiger partial charge >= 0.3 is 6.18 Å². The van der Waals surface area contributed by atoms with Crippen molar-refractivity contribution in [2.45, 2.75) is 6.18 Å². The fraction of sp³-hybridized carbons (Fsp3) is 0.0769. The van der Waals surface area contributed by atoms with E-state index in [9.17, 15) is 18.3 Å². The lowest BCUT2D eigenvalue weighted by molar-refractivity contribution is -0.137. The molecule has 0 aliphatic carbocycles. The lowest BCUT2D eigenvalue weighted by Gasteiger charge is -2.09. The minimum Gasteiger partial charge on any atom is -0.505 e. The summed E-state index contributed by atoms with van der Waals surface area (Å²) in [5.74, 6) is -0.128. The van der Waals surface area contributed by atoms with Crippen molar-refractivity contribution in [3.63, 3.8) is 0 Å². The first-order valence-corrected chi connectivity index (χ1v) is 5.14. The summed E-state index contributed by atoms with van der Waals surface area (Å²) >= 11 is 0. The predicted octanol–water partition coefficient (Wildman–Crippen LogP) is 4.08.